The van der Waals surface area contributed by atoms with E-state index in [4.69, 9.17) is 21.1 Å². The van der Waals surface area contributed by atoms with Gasteiger partial charge in [0, 0.05) is 25.3 Å². The van der Waals surface area contributed by atoms with Crippen molar-refractivity contribution in [3.05, 3.63) is 58.9 Å². The number of carboxylic acid groups (broad SMARTS) is 1. The summed E-state index contributed by atoms with van der Waals surface area (Å²) in [6.07, 6.45) is 5.64. The molecule has 12 nitrogen and oxygen atoms in total. The molecule has 222 valence electrons. The number of rotatable bonds is 10. The number of Topliss-reactive ketones (excluding diaryl/α,β-unsaturated/α-hetero) is 1. The van der Waals surface area contributed by atoms with Gasteiger partial charge in [0.25, 0.3) is 0 Å². The molecule has 3 N–H and O–H groups in total. The van der Waals surface area contributed by atoms with Gasteiger partial charge in [-0.2, -0.15) is 0 Å². The summed E-state index contributed by atoms with van der Waals surface area (Å²) in [6.45, 7) is 2.53. The van der Waals surface area contributed by atoms with Crippen LogP contribution in [0, 0.1) is 0 Å². The van der Waals surface area contributed by atoms with Gasteiger partial charge < -0.3 is 24.8 Å². The van der Waals surface area contributed by atoms with E-state index in [1.807, 2.05) is 0 Å². The number of aromatic nitrogens is 3. The normalized spacial score (nSPS) is 17.1. The zero-order valence-corrected chi connectivity index (χ0v) is 23.8. The lowest BCUT2D eigenvalue weighted by Gasteiger charge is -2.30. The number of benzene rings is 2. The van der Waals surface area contributed by atoms with Crippen molar-refractivity contribution in [2.45, 2.75) is 57.8 Å². The van der Waals surface area contributed by atoms with Gasteiger partial charge in [0.05, 0.1) is 52.7 Å². The molecule has 2 fully saturated rings. The Morgan fingerprint density at radius 2 is 1.86 bits per heavy atom. The van der Waals surface area contributed by atoms with Gasteiger partial charge in [0.2, 0.25) is 5.91 Å². The van der Waals surface area contributed by atoms with Crippen molar-refractivity contribution < 1.29 is 29.0 Å². The Kier molecular flexibility index (Phi) is 9.67. The summed E-state index contributed by atoms with van der Waals surface area (Å²) >= 11 is 6.54. The Hall–Kier alpha value is -4.00. The fraction of sp³-hybridized carbons (Fsp3) is 0.414. The van der Waals surface area contributed by atoms with Crippen LogP contribution >= 0.6 is 11.6 Å². The van der Waals surface area contributed by atoms with E-state index in [0.29, 0.717) is 34.3 Å². The molecule has 2 aliphatic heterocycles. The summed E-state index contributed by atoms with van der Waals surface area (Å²) in [4.78, 5) is 39.6. The number of piperidine rings is 1. The first-order chi connectivity index (χ1) is 20.4. The van der Waals surface area contributed by atoms with Crippen LogP contribution in [0.15, 0.2) is 42.6 Å². The molecule has 0 radical (unpaired) electrons. The van der Waals surface area contributed by atoms with Crippen LogP contribution in [0.4, 0.5) is 21.9 Å². The second-order valence-electron chi connectivity index (χ2n) is 10.3. The second-order valence-corrected chi connectivity index (χ2v) is 10.7. The lowest BCUT2D eigenvalue weighted by atomic mass is 10.1. The predicted octanol–water partition coefficient (Wildman–Crippen LogP) is 5.26. The van der Waals surface area contributed by atoms with Crippen molar-refractivity contribution in [1.29, 1.82) is 0 Å². The minimum absolute atomic E-state index is 0.170. The molecule has 1 unspecified atom stereocenters. The van der Waals surface area contributed by atoms with Crippen LogP contribution < -0.4 is 15.5 Å². The highest BCUT2D eigenvalue weighted by atomic mass is 35.5. The number of nitrogens with one attached hydrogen (secondary N) is 2. The molecule has 0 bridgehead atoms. The van der Waals surface area contributed by atoms with E-state index in [1.165, 1.54) is 6.07 Å². The maximum atomic E-state index is 13.1. The van der Waals surface area contributed by atoms with Crippen LogP contribution in [-0.2, 0) is 20.9 Å². The number of nitrogens with zero attached hydrogens (tertiary/aromatic N) is 4. The molecule has 0 aliphatic carbocycles. The van der Waals surface area contributed by atoms with Crippen molar-refractivity contribution in [2.75, 3.05) is 35.2 Å². The first kappa shape index (κ1) is 29.5. The third-order valence-electron chi connectivity index (χ3n) is 7.21. The highest BCUT2D eigenvalue weighted by molar-refractivity contribution is 6.34. The van der Waals surface area contributed by atoms with Gasteiger partial charge in [0.1, 0.15) is 0 Å². The number of anilines is 3. The van der Waals surface area contributed by atoms with Crippen molar-refractivity contribution >= 4 is 46.4 Å². The van der Waals surface area contributed by atoms with E-state index >= 15 is 0 Å². The monoisotopic (exact) mass is 596 g/mol. The van der Waals surface area contributed by atoms with E-state index in [9.17, 15) is 19.5 Å². The first-order valence-electron chi connectivity index (χ1n) is 14.0. The smallest absolute Gasteiger partial charge is 0.409 e. The van der Waals surface area contributed by atoms with Gasteiger partial charge in [-0.05, 0) is 62.8 Å². The van der Waals surface area contributed by atoms with E-state index in [-0.39, 0.29) is 24.3 Å². The highest BCUT2D eigenvalue weighted by Crippen LogP contribution is 2.36. The summed E-state index contributed by atoms with van der Waals surface area (Å²) < 4.78 is 13.1. The minimum atomic E-state index is -1.28. The molecule has 0 saturated carbocycles. The summed E-state index contributed by atoms with van der Waals surface area (Å²) in [6, 6.07) is 9.85. The number of ketones is 1. The molecule has 2 aliphatic rings. The van der Waals surface area contributed by atoms with Gasteiger partial charge >= 0.3 is 6.09 Å². The molecule has 2 saturated heterocycles. The third-order valence-corrected chi connectivity index (χ3v) is 7.51. The van der Waals surface area contributed by atoms with Gasteiger partial charge in [-0.15, -0.1) is 5.10 Å². The molecule has 1 atom stereocenters. The lowest BCUT2D eigenvalue weighted by Crippen LogP contribution is -2.29. The molecule has 5 rings (SSSR count). The maximum absolute atomic E-state index is 13.1. The van der Waals surface area contributed by atoms with Crippen molar-refractivity contribution in [3.8, 4) is 5.69 Å². The molecule has 3 aromatic rings. The van der Waals surface area contributed by atoms with E-state index in [1.54, 1.807) is 41.2 Å². The fourth-order valence-corrected chi connectivity index (χ4v) is 5.39. The van der Waals surface area contributed by atoms with Crippen LogP contribution in [0.5, 0.6) is 0 Å². The molecule has 42 heavy (non-hydrogen) atoms. The quantitative estimate of drug-likeness (QED) is 0.211. The average molecular weight is 597 g/mol. The van der Waals surface area contributed by atoms with Crippen LogP contribution in [0.3, 0.4) is 0 Å². The number of hydrogen-bond acceptors (Lipinski definition) is 8. The van der Waals surface area contributed by atoms with Crippen LogP contribution in [-0.4, -0.2) is 63.9 Å². The molecule has 3 heterocycles. The Labute approximate surface area is 247 Å². The largest absolute Gasteiger partial charge is 0.465 e. The fourth-order valence-electron chi connectivity index (χ4n) is 5.11. The summed E-state index contributed by atoms with van der Waals surface area (Å²) in [5, 5.41) is 22.8. The van der Waals surface area contributed by atoms with Crippen molar-refractivity contribution in [1.82, 2.24) is 15.0 Å². The van der Waals surface area contributed by atoms with Gasteiger partial charge in [0.15, 0.2) is 12.1 Å². The van der Waals surface area contributed by atoms with Crippen LogP contribution in [0.1, 0.15) is 61.0 Å². The summed E-state index contributed by atoms with van der Waals surface area (Å²) in [7, 11) is 0. The summed E-state index contributed by atoms with van der Waals surface area (Å²) in [5.41, 5.74) is 2.63. The van der Waals surface area contributed by atoms with E-state index in [2.05, 4.69) is 25.8 Å². The Morgan fingerprint density at radius 1 is 1.05 bits per heavy atom. The maximum Gasteiger partial charge on any atom is 0.409 e. The molecule has 2 aromatic carbocycles. The predicted molar refractivity (Wildman–Crippen MR) is 156 cm³/mol. The van der Waals surface area contributed by atoms with Crippen LogP contribution in [0.2, 0.25) is 5.02 Å². The Balaban J connectivity index is 1.26. The van der Waals surface area contributed by atoms with Crippen molar-refractivity contribution in [2.24, 2.45) is 0 Å². The Bertz CT molecular complexity index is 1430. The Morgan fingerprint density at radius 3 is 2.62 bits per heavy atom. The SMILES string of the molecule is O=C(O)Nc1cc(N2CCCCC2)c(Cl)cc1NC(=O)CC(=O)c1cccc(-n2nncc2COC2CCCCO2)c1. The highest BCUT2D eigenvalue weighted by Gasteiger charge is 2.21. The molecule has 1 aromatic heterocycles. The average Bonchev–Trinajstić information content (AvgIpc) is 3.47. The minimum Gasteiger partial charge on any atom is -0.465 e. The van der Waals surface area contributed by atoms with E-state index < -0.39 is 24.2 Å². The van der Waals surface area contributed by atoms with E-state index in [0.717, 1.165) is 51.6 Å². The zero-order chi connectivity index (χ0) is 29.5. The molecular formula is C29H33ClN6O6. The number of ether oxygens (including phenoxy) is 2. The molecule has 0 spiro atoms. The molecule has 2 amide bonds. The number of carbonyl (C=O) groups is 3. The first-order valence-corrected chi connectivity index (χ1v) is 14.4. The number of hydrogen-bond donors (Lipinski definition) is 3. The van der Waals surface area contributed by atoms with Crippen LogP contribution in [0.25, 0.3) is 5.69 Å². The zero-order valence-electron chi connectivity index (χ0n) is 23.1. The third kappa shape index (κ3) is 7.44. The second kappa shape index (κ2) is 13.8. The number of halogens is 1. The summed E-state index contributed by atoms with van der Waals surface area (Å²) in [5.74, 6) is -1.03. The number of carbonyl (C=O) groups excluding carboxylic acids is 2. The van der Waals surface area contributed by atoms with Gasteiger partial charge in [-0.1, -0.05) is 28.9 Å². The van der Waals surface area contributed by atoms with Crippen molar-refractivity contribution in [3.63, 3.8) is 0 Å². The van der Waals surface area contributed by atoms with Gasteiger partial charge in [-0.3, -0.25) is 14.9 Å². The standard InChI is InChI=1S/C29H33ClN6O6/c30-22-14-23(24(33-29(39)40)15-25(22)35-10-3-1-4-11-35)32-27(38)16-26(37)19-7-6-8-20(13-19)36-21(17-31-34-36)18-42-28-9-2-5-12-41-28/h6-8,13-15,17,28,33H,1-5,9-12,16,18H2,(H,32,38)(H,39,40). The lowest BCUT2D eigenvalue weighted by molar-refractivity contribution is -0.169. The topological polar surface area (TPSA) is 148 Å². The molecular weight excluding hydrogens is 564 g/mol. The van der Waals surface area contributed by atoms with Gasteiger partial charge in [-0.25, -0.2) is 9.48 Å². The molecule has 13 heteroatoms. The number of amides is 2.